The van der Waals surface area contributed by atoms with Crippen LogP contribution in [0.15, 0.2) is 30.7 Å². The second-order valence-corrected chi connectivity index (χ2v) is 5.59. The van der Waals surface area contributed by atoms with Crippen LogP contribution in [0.25, 0.3) is 0 Å². The van der Waals surface area contributed by atoms with E-state index in [1.165, 1.54) is 37.9 Å². The van der Waals surface area contributed by atoms with Crippen LogP contribution in [-0.4, -0.2) is 14.8 Å². The van der Waals surface area contributed by atoms with Crippen molar-refractivity contribution in [2.45, 2.75) is 44.2 Å². The number of rotatable bonds is 5. The summed E-state index contributed by atoms with van der Waals surface area (Å²) < 4.78 is 15.3. The van der Waals surface area contributed by atoms with Crippen molar-refractivity contribution in [2.24, 2.45) is 5.84 Å². The topological polar surface area (TPSA) is 68.8 Å². The second kappa shape index (κ2) is 6.32. The van der Waals surface area contributed by atoms with Crippen molar-refractivity contribution in [3.8, 4) is 0 Å². The number of nitrogens with zero attached hydrogens (tertiary/aromatic N) is 3. The van der Waals surface area contributed by atoms with E-state index in [0.717, 1.165) is 11.3 Å². The molecule has 1 saturated carbocycles. The van der Waals surface area contributed by atoms with Crippen LogP contribution in [0.5, 0.6) is 0 Å². The molecule has 2 heterocycles. The molecule has 0 saturated heterocycles. The van der Waals surface area contributed by atoms with Gasteiger partial charge in [0.15, 0.2) is 0 Å². The van der Waals surface area contributed by atoms with Crippen molar-refractivity contribution < 1.29 is 4.39 Å². The summed E-state index contributed by atoms with van der Waals surface area (Å²) in [5.74, 6) is 5.24. The Kier molecular flexibility index (Phi) is 4.26. The first-order valence-electron chi connectivity index (χ1n) is 7.37. The zero-order valence-corrected chi connectivity index (χ0v) is 11.9. The summed E-state index contributed by atoms with van der Waals surface area (Å²) in [6.07, 6.45) is 10.4. The molecule has 1 atom stereocenters. The van der Waals surface area contributed by atoms with Crippen molar-refractivity contribution in [1.29, 1.82) is 0 Å². The number of aromatic nitrogens is 3. The Bertz CT molecular complexity index is 591. The van der Waals surface area contributed by atoms with Gasteiger partial charge in [-0.2, -0.15) is 5.10 Å². The lowest BCUT2D eigenvalue weighted by atomic mass is 10.0. The van der Waals surface area contributed by atoms with Gasteiger partial charge in [-0.1, -0.05) is 12.8 Å². The van der Waals surface area contributed by atoms with E-state index in [9.17, 15) is 4.39 Å². The maximum atomic E-state index is 13.3. The summed E-state index contributed by atoms with van der Waals surface area (Å²) in [6.45, 7) is 0. The van der Waals surface area contributed by atoms with E-state index >= 15 is 0 Å². The number of hydrazine groups is 1. The first-order valence-corrected chi connectivity index (χ1v) is 7.37. The Hall–Kier alpha value is -1.79. The van der Waals surface area contributed by atoms with E-state index in [4.69, 9.17) is 5.84 Å². The quantitative estimate of drug-likeness (QED) is 0.654. The summed E-state index contributed by atoms with van der Waals surface area (Å²) in [4.78, 5) is 3.87. The maximum absolute atomic E-state index is 13.3. The van der Waals surface area contributed by atoms with Crippen molar-refractivity contribution in [2.75, 3.05) is 0 Å². The highest BCUT2D eigenvalue weighted by Crippen LogP contribution is 2.29. The van der Waals surface area contributed by atoms with Gasteiger partial charge in [0.1, 0.15) is 5.82 Å². The van der Waals surface area contributed by atoms with Gasteiger partial charge in [-0.15, -0.1) is 0 Å². The molecule has 1 unspecified atom stereocenters. The normalized spacial score (nSPS) is 17.2. The minimum atomic E-state index is -0.357. The van der Waals surface area contributed by atoms with Gasteiger partial charge < -0.3 is 0 Å². The molecule has 3 N–H and O–H groups in total. The molecular formula is C15H20FN5. The summed E-state index contributed by atoms with van der Waals surface area (Å²) in [5, 5.41) is 4.63. The summed E-state index contributed by atoms with van der Waals surface area (Å²) in [6, 6.07) is 3.79. The van der Waals surface area contributed by atoms with Crippen molar-refractivity contribution in [3.05, 3.63) is 47.8 Å². The predicted octanol–water partition coefficient (Wildman–Crippen LogP) is 2.28. The Balaban J connectivity index is 1.72. The average molecular weight is 289 g/mol. The number of pyridine rings is 1. The lowest BCUT2D eigenvalue weighted by Crippen LogP contribution is -2.30. The number of hydrogen-bond acceptors (Lipinski definition) is 4. The molecule has 5 nitrogen and oxygen atoms in total. The zero-order valence-electron chi connectivity index (χ0n) is 11.9. The minimum absolute atomic E-state index is 0.194. The van der Waals surface area contributed by atoms with Crippen LogP contribution in [0.4, 0.5) is 4.39 Å². The largest absolute Gasteiger partial charge is 0.271 e. The molecule has 0 spiro atoms. The van der Waals surface area contributed by atoms with Gasteiger partial charge in [-0.25, -0.2) is 4.39 Å². The molecular weight excluding hydrogens is 269 g/mol. The van der Waals surface area contributed by atoms with Gasteiger partial charge in [-0.05, 0) is 30.5 Å². The highest BCUT2D eigenvalue weighted by molar-refractivity contribution is 5.17. The molecule has 1 aliphatic carbocycles. The molecule has 21 heavy (non-hydrogen) atoms. The lowest BCUT2D eigenvalue weighted by molar-refractivity contribution is 0.457. The van der Waals surface area contributed by atoms with Gasteiger partial charge in [0.25, 0.3) is 0 Å². The third-order valence-corrected chi connectivity index (χ3v) is 4.11. The third-order valence-electron chi connectivity index (χ3n) is 4.11. The Labute approximate surface area is 123 Å². The third kappa shape index (κ3) is 3.28. The molecule has 1 aliphatic rings. The average Bonchev–Trinajstić information content (AvgIpc) is 3.15. The monoisotopic (exact) mass is 289 g/mol. The van der Waals surface area contributed by atoms with Crippen LogP contribution in [-0.2, 0) is 6.42 Å². The molecule has 0 aliphatic heterocycles. The number of hydrogen-bond donors (Lipinski definition) is 2. The summed E-state index contributed by atoms with van der Waals surface area (Å²) in [5.41, 5.74) is 4.40. The van der Waals surface area contributed by atoms with Gasteiger partial charge in [0.05, 0.1) is 24.0 Å². The lowest BCUT2D eigenvalue weighted by Gasteiger charge is -2.15. The van der Waals surface area contributed by atoms with Crippen LogP contribution in [0.1, 0.15) is 49.0 Å². The summed E-state index contributed by atoms with van der Waals surface area (Å²) >= 11 is 0. The second-order valence-electron chi connectivity index (χ2n) is 5.59. The van der Waals surface area contributed by atoms with Crippen molar-refractivity contribution >= 4 is 0 Å². The zero-order chi connectivity index (χ0) is 14.7. The number of halogens is 1. The van der Waals surface area contributed by atoms with Crippen LogP contribution >= 0.6 is 0 Å². The van der Waals surface area contributed by atoms with Crippen LogP contribution < -0.4 is 11.3 Å². The van der Waals surface area contributed by atoms with Crippen molar-refractivity contribution in [3.63, 3.8) is 0 Å². The first kappa shape index (κ1) is 14.2. The highest BCUT2D eigenvalue weighted by atomic mass is 19.1. The molecule has 0 radical (unpaired) electrons. The summed E-state index contributed by atoms with van der Waals surface area (Å²) in [7, 11) is 0. The first-order chi connectivity index (χ1) is 10.3. The van der Waals surface area contributed by atoms with Crippen LogP contribution in [0, 0.1) is 5.82 Å². The molecule has 2 aromatic rings. The molecule has 0 bridgehead atoms. The number of nitrogens with one attached hydrogen (secondary N) is 1. The van der Waals surface area contributed by atoms with Gasteiger partial charge in [-0.3, -0.25) is 20.9 Å². The van der Waals surface area contributed by atoms with E-state index < -0.39 is 0 Å². The standard InChI is InChI=1S/C15H20FN5/c16-12-7-11(9-18-10-12)15(19-17)8-13-5-6-21(20-13)14-3-1-2-4-14/h5-7,9-10,14-15,19H,1-4,8,17H2. The molecule has 3 rings (SSSR count). The van der Waals surface area contributed by atoms with Crippen molar-refractivity contribution in [1.82, 2.24) is 20.2 Å². The van der Waals surface area contributed by atoms with Gasteiger partial charge >= 0.3 is 0 Å². The number of nitrogens with two attached hydrogens (primary N) is 1. The predicted molar refractivity (Wildman–Crippen MR) is 77.7 cm³/mol. The molecule has 2 aromatic heterocycles. The molecule has 0 aromatic carbocycles. The van der Waals surface area contributed by atoms with E-state index in [0.29, 0.717) is 12.5 Å². The maximum Gasteiger partial charge on any atom is 0.141 e. The van der Waals surface area contributed by atoms with E-state index in [1.54, 1.807) is 6.20 Å². The molecule has 112 valence electrons. The van der Waals surface area contributed by atoms with E-state index in [2.05, 4.69) is 20.2 Å². The fourth-order valence-electron chi connectivity index (χ4n) is 2.96. The van der Waals surface area contributed by atoms with Crippen LogP contribution in [0.3, 0.4) is 0 Å². The van der Waals surface area contributed by atoms with E-state index in [-0.39, 0.29) is 11.9 Å². The molecule has 1 fully saturated rings. The molecule has 0 amide bonds. The van der Waals surface area contributed by atoms with Gasteiger partial charge in [0.2, 0.25) is 0 Å². The smallest absolute Gasteiger partial charge is 0.141 e. The van der Waals surface area contributed by atoms with E-state index in [1.807, 2.05) is 12.3 Å². The molecule has 6 heteroatoms. The van der Waals surface area contributed by atoms with Crippen LogP contribution in [0.2, 0.25) is 0 Å². The SMILES string of the molecule is NNC(Cc1ccn(C2CCCC2)n1)c1cncc(F)c1. The fourth-order valence-corrected chi connectivity index (χ4v) is 2.96. The highest BCUT2D eigenvalue weighted by Gasteiger charge is 2.19. The Morgan fingerprint density at radius 1 is 1.38 bits per heavy atom. The Morgan fingerprint density at radius 3 is 2.90 bits per heavy atom. The van der Waals surface area contributed by atoms with Gasteiger partial charge in [0, 0.05) is 18.8 Å². The Morgan fingerprint density at radius 2 is 2.19 bits per heavy atom. The minimum Gasteiger partial charge on any atom is -0.271 e. The fraction of sp³-hybridized carbons (Fsp3) is 0.467.